The Balaban J connectivity index is 1.44. The monoisotopic (exact) mass is 529 g/mol. The number of hydrogen-bond acceptors (Lipinski definition) is 5. The molecule has 3 heterocycles. The number of hydrogen-bond donors (Lipinski definition) is 2. The number of rotatable bonds is 6. The maximum Gasteiger partial charge on any atom is 0.259 e. The van der Waals surface area contributed by atoms with Crippen LogP contribution in [0.2, 0.25) is 5.02 Å². The third-order valence-electron chi connectivity index (χ3n) is 8.10. The first-order valence-corrected chi connectivity index (χ1v) is 13.6. The number of anilines is 1. The van der Waals surface area contributed by atoms with Gasteiger partial charge < -0.3 is 20.1 Å². The SMILES string of the molecule is CN1CCN(CCCCc2cc(N)cc3c4c5c(c(-c6ccccc6Cl)cc4n(C)c23)C(=O)NC5=O)CC1. The Morgan fingerprint density at radius 3 is 2.42 bits per heavy atom. The number of carbonyl (C=O) groups is 2. The van der Waals surface area contributed by atoms with Crippen LogP contribution in [0, 0.1) is 0 Å². The summed E-state index contributed by atoms with van der Waals surface area (Å²) in [7, 11) is 4.20. The number of aromatic nitrogens is 1. The third kappa shape index (κ3) is 4.15. The second-order valence-corrected chi connectivity index (χ2v) is 11.0. The molecule has 3 N–H and O–H groups in total. The quantitative estimate of drug-likeness (QED) is 0.215. The summed E-state index contributed by atoms with van der Waals surface area (Å²) in [6.07, 6.45) is 3.06. The molecule has 196 valence electrons. The molecule has 0 atom stereocenters. The van der Waals surface area contributed by atoms with Crippen LogP contribution in [0.15, 0.2) is 42.5 Å². The Morgan fingerprint density at radius 1 is 0.921 bits per heavy atom. The number of fused-ring (bicyclic) bond motifs is 5. The van der Waals surface area contributed by atoms with Gasteiger partial charge in [-0.15, -0.1) is 0 Å². The summed E-state index contributed by atoms with van der Waals surface area (Å²) in [5, 5.41) is 4.72. The number of nitrogen functional groups attached to an aromatic ring is 1. The minimum atomic E-state index is -0.396. The van der Waals surface area contributed by atoms with Crippen molar-refractivity contribution < 1.29 is 9.59 Å². The second kappa shape index (κ2) is 9.73. The van der Waals surface area contributed by atoms with E-state index in [1.54, 1.807) is 6.07 Å². The van der Waals surface area contributed by atoms with Crippen LogP contribution >= 0.6 is 11.6 Å². The van der Waals surface area contributed by atoms with Gasteiger partial charge in [-0.05, 0) is 68.2 Å². The molecule has 1 saturated heterocycles. The lowest BCUT2D eigenvalue weighted by molar-refractivity contribution is 0.0880. The van der Waals surface area contributed by atoms with Crippen LogP contribution in [0.25, 0.3) is 32.9 Å². The Bertz CT molecular complexity index is 1600. The topological polar surface area (TPSA) is 83.6 Å². The van der Waals surface area contributed by atoms with Crippen LogP contribution in [0.1, 0.15) is 39.1 Å². The van der Waals surface area contributed by atoms with E-state index in [1.165, 1.54) is 0 Å². The average Bonchev–Trinajstić information content (AvgIpc) is 3.35. The van der Waals surface area contributed by atoms with Gasteiger partial charge in [0.05, 0.1) is 22.2 Å². The third-order valence-corrected chi connectivity index (χ3v) is 8.42. The van der Waals surface area contributed by atoms with Crippen molar-refractivity contribution in [2.75, 3.05) is 45.5 Å². The maximum atomic E-state index is 13.1. The zero-order valence-electron chi connectivity index (χ0n) is 21.8. The maximum absolute atomic E-state index is 13.1. The van der Waals surface area contributed by atoms with Crippen LogP contribution in [0.3, 0.4) is 0 Å². The summed E-state index contributed by atoms with van der Waals surface area (Å²) in [5.74, 6) is -0.778. The highest BCUT2D eigenvalue weighted by Crippen LogP contribution is 2.43. The minimum absolute atomic E-state index is 0.374. The van der Waals surface area contributed by atoms with Crippen LogP contribution < -0.4 is 11.1 Å². The number of nitrogens with two attached hydrogens (primary N) is 1. The Hall–Kier alpha value is -3.39. The molecule has 0 unspecified atom stereocenters. The number of piperazine rings is 1. The zero-order chi connectivity index (χ0) is 26.6. The van der Waals surface area contributed by atoms with Gasteiger partial charge in [0.1, 0.15) is 0 Å². The molecule has 8 heteroatoms. The van der Waals surface area contributed by atoms with Gasteiger partial charge in [0.2, 0.25) is 0 Å². The number of nitrogens with zero attached hydrogens (tertiary/aromatic N) is 3. The van der Waals surface area contributed by atoms with E-state index in [9.17, 15) is 9.59 Å². The molecule has 2 aliphatic rings. The number of benzene rings is 3. The molecule has 0 spiro atoms. The van der Waals surface area contributed by atoms with Crippen molar-refractivity contribution >= 4 is 50.9 Å². The smallest absolute Gasteiger partial charge is 0.259 e. The predicted molar refractivity (Wildman–Crippen MR) is 154 cm³/mol. The van der Waals surface area contributed by atoms with Crippen molar-refractivity contribution in [1.82, 2.24) is 19.7 Å². The van der Waals surface area contributed by atoms with Gasteiger partial charge in [-0.3, -0.25) is 14.9 Å². The Labute approximate surface area is 227 Å². The number of amides is 2. The highest BCUT2D eigenvalue weighted by atomic mass is 35.5. The Morgan fingerprint density at radius 2 is 1.66 bits per heavy atom. The number of likely N-dealkylation sites (N-methyl/N-ethyl adjacent to an activating group) is 1. The fourth-order valence-electron chi connectivity index (χ4n) is 6.13. The summed E-state index contributed by atoms with van der Waals surface area (Å²) in [6.45, 7) is 5.61. The number of imide groups is 1. The van der Waals surface area contributed by atoms with Crippen LogP contribution in [0.4, 0.5) is 5.69 Å². The molecule has 0 radical (unpaired) electrons. The van der Waals surface area contributed by atoms with Crippen LogP contribution in [0.5, 0.6) is 0 Å². The molecule has 38 heavy (non-hydrogen) atoms. The molecule has 4 aromatic rings. The number of aryl methyl sites for hydroxylation is 2. The van der Waals surface area contributed by atoms with Crippen molar-refractivity contribution in [2.24, 2.45) is 7.05 Å². The Kier molecular flexibility index (Phi) is 6.38. The van der Waals surface area contributed by atoms with Gasteiger partial charge in [-0.2, -0.15) is 0 Å². The van der Waals surface area contributed by atoms with Gasteiger partial charge in [0.25, 0.3) is 11.8 Å². The van der Waals surface area contributed by atoms with E-state index < -0.39 is 5.91 Å². The summed E-state index contributed by atoms with van der Waals surface area (Å²) in [5.41, 5.74) is 12.3. The van der Waals surface area contributed by atoms with Gasteiger partial charge in [-0.25, -0.2) is 0 Å². The summed E-state index contributed by atoms with van der Waals surface area (Å²) >= 11 is 6.55. The van der Waals surface area contributed by atoms with Crippen molar-refractivity contribution in [3.63, 3.8) is 0 Å². The molecule has 0 aliphatic carbocycles. The molecular weight excluding hydrogens is 498 g/mol. The van der Waals surface area contributed by atoms with Crippen molar-refractivity contribution in [3.05, 3.63) is 64.2 Å². The van der Waals surface area contributed by atoms with Crippen molar-refractivity contribution in [3.8, 4) is 11.1 Å². The summed E-state index contributed by atoms with van der Waals surface area (Å²) in [6, 6.07) is 13.4. The van der Waals surface area contributed by atoms with Gasteiger partial charge >= 0.3 is 0 Å². The zero-order valence-corrected chi connectivity index (χ0v) is 22.6. The summed E-state index contributed by atoms with van der Waals surface area (Å²) < 4.78 is 2.14. The number of unbranched alkanes of at least 4 members (excludes halogenated alkanes) is 1. The molecule has 0 bridgehead atoms. The molecular formula is C30H32ClN5O2. The highest BCUT2D eigenvalue weighted by molar-refractivity contribution is 6.36. The first-order valence-electron chi connectivity index (χ1n) is 13.2. The lowest BCUT2D eigenvalue weighted by Gasteiger charge is -2.32. The molecule has 2 aliphatic heterocycles. The fourth-order valence-corrected chi connectivity index (χ4v) is 6.37. The van der Waals surface area contributed by atoms with E-state index in [4.69, 9.17) is 17.3 Å². The highest BCUT2D eigenvalue weighted by Gasteiger charge is 2.35. The van der Waals surface area contributed by atoms with Crippen molar-refractivity contribution in [1.29, 1.82) is 0 Å². The molecule has 3 aromatic carbocycles. The van der Waals surface area contributed by atoms with Crippen molar-refractivity contribution in [2.45, 2.75) is 19.3 Å². The molecule has 7 nitrogen and oxygen atoms in total. The van der Waals surface area contributed by atoms with E-state index in [-0.39, 0.29) is 5.91 Å². The number of carbonyl (C=O) groups excluding carboxylic acids is 2. The first kappa shape index (κ1) is 24.9. The molecule has 0 saturated carbocycles. The van der Waals surface area contributed by atoms with Gasteiger partial charge in [-0.1, -0.05) is 29.8 Å². The number of nitrogens with one attached hydrogen (secondary N) is 1. The van der Waals surface area contributed by atoms with E-state index in [0.29, 0.717) is 27.4 Å². The lowest BCUT2D eigenvalue weighted by Crippen LogP contribution is -2.44. The minimum Gasteiger partial charge on any atom is -0.399 e. The van der Waals surface area contributed by atoms with E-state index >= 15 is 0 Å². The lowest BCUT2D eigenvalue weighted by atomic mass is 9.92. The van der Waals surface area contributed by atoms with Gasteiger partial charge in [0.15, 0.2) is 0 Å². The first-order chi connectivity index (χ1) is 18.3. The number of halogens is 1. The molecule has 2 amide bonds. The van der Waals surface area contributed by atoms with E-state index in [2.05, 4.69) is 32.8 Å². The summed E-state index contributed by atoms with van der Waals surface area (Å²) in [4.78, 5) is 31.1. The van der Waals surface area contributed by atoms with Gasteiger partial charge in [0, 0.05) is 60.3 Å². The van der Waals surface area contributed by atoms with Crippen LogP contribution in [-0.4, -0.2) is 66.0 Å². The standard InChI is InChI=1S/C30H32ClN5O2/c1-34-11-13-36(14-12-34)10-6-5-7-18-15-19(32)16-22-25-24(35(2)28(18)22)17-21(20-8-3-4-9-23(20)31)26-27(25)30(38)33-29(26)37/h3-4,8-9,15-17H,5-7,10-14,32H2,1-2H3,(H,33,37,38). The van der Waals surface area contributed by atoms with E-state index in [0.717, 1.165) is 84.9 Å². The largest absolute Gasteiger partial charge is 0.399 e. The molecule has 1 fully saturated rings. The normalized spacial score (nSPS) is 16.5. The van der Waals surface area contributed by atoms with Crippen LogP contribution in [-0.2, 0) is 13.5 Å². The van der Waals surface area contributed by atoms with E-state index in [1.807, 2.05) is 37.4 Å². The second-order valence-electron chi connectivity index (χ2n) is 10.6. The predicted octanol–water partition coefficient (Wildman–Crippen LogP) is 4.69. The molecule has 6 rings (SSSR count). The molecule has 1 aromatic heterocycles. The fraction of sp³-hybridized carbons (Fsp3) is 0.333. The average molecular weight is 530 g/mol.